The van der Waals surface area contributed by atoms with Gasteiger partial charge in [-0.1, -0.05) is 13.8 Å². The van der Waals surface area contributed by atoms with Crippen molar-refractivity contribution in [3.05, 3.63) is 33.9 Å². The van der Waals surface area contributed by atoms with Gasteiger partial charge in [0.05, 0.1) is 11.0 Å². The molecular formula is C14H19N3O4. The van der Waals surface area contributed by atoms with Crippen molar-refractivity contribution < 1.29 is 14.8 Å². The number of amides is 1. The molecule has 1 saturated carbocycles. The molecule has 3 N–H and O–H groups in total. The van der Waals surface area contributed by atoms with Crippen LogP contribution in [0.15, 0.2) is 18.2 Å². The third kappa shape index (κ3) is 2.69. The van der Waals surface area contributed by atoms with Gasteiger partial charge in [-0.25, -0.2) is 0 Å². The lowest BCUT2D eigenvalue weighted by atomic mass is 9.64. The second-order valence-corrected chi connectivity index (χ2v) is 5.84. The number of carbonyl (C=O) groups is 1. The molecule has 2 rings (SSSR count). The Kier molecular flexibility index (Phi) is 3.87. The van der Waals surface area contributed by atoms with Crippen LogP contribution in [0.5, 0.6) is 0 Å². The number of benzene rings is 1. The van der Waals surface area contributed by atoms with Crippen molar-refractivity contribution in [2.75, 3.05) is 12.4 Å². The summed E-state index contributed by atoms with van der Waals surface area (Å²) in [6.07, 6.45) is 0.126. The van der Waals surface area contributed by atoms with E-state index in [1.54, 1.807) is 0 Å². The molecule has 0 spiro atoms. The predicted molar refractivity (Wildman–Crippen MR) is 78.3 cm³/mol. The Morgan fingerprint density at radius 3 is 2.62 bits per heavy atom. The van der Waals surface area contributed by atoms with Gasteiger partial charge in [-0.15, -0.1) is 0 Å². The lowest BCUT2D eigenvalue weighted by Crippen LogP contribution is -2.56. The van der Waals surface area contributed by atoms with Crippen LogP contribution < -0.4 is 10.6 Å². The minimum Gasteiger partial charge on any atom is -0.392 e. The summed E-state index contributed by atoms with van der Waals surface area (Å²) in [6.45, 7) is 3.81. The number of aliphatic hydroxyl groups excluding tert-OH is 1. The summed E-state index contributed by atoms with van der Waals surface area (Å²) in [6, 6.07) is 4.28. The molecule has 21 heavy (non-hydrogen) atoms. The average molecular weight is 293 g/mol. The van der Waals surface area contributed by atoms with Crippen molar-refractivity contribution in [3.63, 3.8) is 0 Å². The Morgan fingerprint density at radius 1 is 1.48 bits per heavy atom. The molecule has 1 aromatic carbocycles. The quantitative estimate of drug-likeness (QED) is 0.577. The molecule has 1 amide bonds. The Bertz CT molecular complexity index is 586. The Hall–Kier alpha value is -2.15. The van der Waals surface area contributed by atoms with Crippen molar-refractivity contribution >= 4 is 17.3 Å². The zero-order chi connectivity index (χ0) is 15.8. The highest BCUT2D eigenvalue weighted by molar-refractivity contribution is 5.95. The van der Waals surface area contributed by atoms with E-state index in [-0.39, 0.29) is 28.6 Å². The van der Waals surface area contributed by atoms with Crippen molar-refractivity contribution in [1.82, 2.24) is 5.32 Å². The molecule has 0 heterocycles. The maximum absolute atomic E-state index is 11.5. The molecule has 1 aliphatic carbocycles. The van der Waals surface area contributed by atoms with Gasteiger partial charge >= 0.3 is 0 Å². The van der Waals surface area contributed by atoms with Crippen molar-refractivity contribution in [1.29, 1.82) is 0 Å². The highest BCUT2D eigenvalue weighted by Gasteiger charge is 2.47. The first-order valence-electron chi connectivity index (χ1n) is 6.72. The van der Waals surface area contributed by atoms with Crippen LogP contribution in [0.1, 0.15) is 30.6 Å². The zero-order valence-electron chi connectivity index (χ0n) is 12.2. The molecule has 114 valence electrons. The van der Waals surface area contributed by atoms with Crippen LogP contribution in [0, 0.1) is 15.5 Å². The van der Waals surface area contributed by atoms with Crippen LogP contribution in [0.25, 0.3) is 0 Å². The van der Waals surface area contributed by atoms with Crippen molar-refractivity contribution in [3.8, 4) is 0 Å². The van der Waals surface area contributed by atoms with Gasteiger partial charge in [0.25, 0.3) is 11.6 Å². The number of rotatable bonds is 4. The van der Waals surface area contributed by atoms with E-state index in [1.165, 1.54) is 25.2 Å². The lowest BCUT2D eigenvalue weighted by Gasteiger charge is -2.49. The number of hydrogen-bond donors (Lipinski definition) is 3. The van der Waals surface area contributed by atoms with Gasteiger partial charge in [0.1, 0.15) is 5.69 Å². The molecule has 2 unspecified atom stereocenters. The first kappa shape index (κ1) is 15.2. The van der Waals surface area contributed by atoms with E-state index < -0.39 is 11.0 Å². The van der Waals surface area contributed by atoms with Gasteiger partial charge in [0.15, 0.2) is 0 Å². The number of aliphatic hydroxyl groups is 1. The number of nitrogens with one attached hydrogen (secondary N) is 2. The summed E-state index contributed by atoms with van der Waals surface area (Å²) >= 11 is 0. The molecule has 0 bridgehead atoms. The topological polar surface area (TPSA) is 104 Å². The zero-order valence-corrected chi connectivity index (χ0v) is 12.2. The molecule has 1 aromatic rings. The smallest absolute Gasteiger partial charge is 0.293 e. The molecule has 0 aromatic heterocycles. The van der Waals surface area contributed by atoms with Crippen molar-refractivity contribution in [2.24, 2.45) is 5.41 Å². The average Bonchev–Trinajstić information content (AvgIpc) is 2.46. The number of anilines is 1. The minimum absolute atomic E-state index is 0.0444. The third-order valence-electron chi connectivity index (χ3n) is 4.23. The number of carbonyl (C=O) groups excluding carboxylic acids is 1. The molecular weight excluding hydrogens is 274 g/mol. The maximum Gasteiger partial charge on any atom is 0.293 e. The second-order valence-electron chi connectivity index (χ2n) is 5.84. The van der Waals surface area contributed by atoms with Crippen LogP contribution in [0.4, 0.5) is 11.4 Å². The Balaban J connectivity index is 2.28. The van der Waals surface area contributed by atoms with Crippen LogP contribution in [0.3, 0.4) is 0 Å². The fourth-order valence-electron chi connectivity index (χ4n) is 2.43. The Labute approximate surface area is 122 Å². The summed E-state index contributed by atoms with van der Waals surface area (Å²) < 4.78 is 0. The van der Waals surface area contributed by atoms with Crippen LogP contribution >= 0.6 is 0 Å². The van der Waals surface area contributed by atoms with E-state index in [0.29, 0.717) is 12.1 Å². The monoisotopic (exact) mass is 293 g/mol. The first-order valence-corrected chi connectivity index (χ1v) is 6.72. The lowest BCUT2D eigenvalue weighted by molar-refractivity contribution is -0.384. The predicted octanol–water partition coefficient (Wildman–Crippen LogP) is 1.53. The van der Waals surface area contributed by atoms with Crippen LogP contribution in [-0.4, -0.2) is 35.1 Å². The molecule has 1 aliphatic rings. The molecule has 0 saturated heterocycles. The molecule has 0 aliphatic heterocycles. The normalized spacial score (nSPS) is 23.0. The van der Waals surface area contributed by atoms with Gasteiger partial charge < -0.3 is 15.7 Å². The van der Waals surface area contributed by atoms with Crippen LogP contribution in [0.2, 0.25) is 0 Å². The highest BCUT2D eigenvalue weighted by atomic mass is 16.6. The summed E-state index contributed by atoms with van der Waals surface area (Å²) in [7, 11) is 1.47. The van der Waals surface area contributed by atoms with Gasteiger partial charge in [-0.3, -0.25) is 14.9 Å². The fourth-order valence-corrected chi connectivity index (χ4v) is 2.43. The van der Waals surface area contributed by atoms with Gasteiger partial charge in [0.2, 0.25) is 0 Å². The largest absolute Gasteiger partial charge is 0.392 e. The van der Waals surface area contributed by atoms with E-state index in [0.717, 1.165) is 0 Å². The highest BCUT2D eigenvalue weighted by Crippen LogP contribution is 2.43. The van der Waals surface area contributed by atoms with Gasteiger partial charge in [-0.2, -0.15) is 0 Å². The van der Waals surface area contributed by atoms with Gasteiger partial charge in [0, 0.05) is 30.1 Å². The second kappa shape index (κ2) is 5.33. The SMILES string of the molecule is CNC(=O)c1ccc(NC2CC(O)C2(C)C)c([N+](=O)[O-])c1. The molecule has 1 fully saturated rings. The molecule has 7 heteroatoms. The molecule has 2 atom stereocenters. The number of nitro groups is 1. The number of nitro benzene ring substituents is 1. The van der Waals surface area contributed by atoms with Crippen LogP contribution in [-0.2, 0) is 0 Å². The summed E-state index contributed by atoms with van der Waals surface area (Å²) in [5.41, 5.74) is 0.112. The summed E-state index contributed by atoms with van der Waals surface area (Å²) in [5, 5.41) is 26.4. The van der Waals surface area contributed by atoms with Crippen molar-refractivity contribution in [2.45, 2.75) is 32.4 Å². The fraction of sp³-hybridized carbons (Fsp3) is 0.500. The number of nitrogens with zero attached hydrogens (tertiary/aromatic N) is 1. The molecule has 0 radical (unpaired) electrons. The first-order chi connectivity index (χ1) is 9.77. The summed E-state index contributed by atoms with van der Waals surface area (Å²) in [5.74, 6) is -0.371. The maximum atomic E-state index is 11.5. The van der Waals surface area contributed by atoms with E-state index >= 15 is 0 Å². The van der Waals surface area contributed by atoms with E-state index in [4.69, 9.17) is 0 Å². The number of hydrogen-bond acceptors (Lipinski definition) is 5. The third-order valence-corrected chi connectivity index (χ3v) is 4.23. The van der Waals surface area contributed by atoms with E-state index in [1.807, 2.05) is 13.8 Å². The minimum atomic E-state index is -0.517. The van der Waals surface area contributed by atoms with Gasteiger partial charge in [-0.05, 0) is 18.6 Å². The Morgan fingerprint density at radius 2 is 2.14 bits per heavy atom. The standard InChI is InChI=1S/C14H19N3O4/c1-14(2)11(7-12(14)18)16-9-5-4-8(13(19)15-3)6-10(9)17(20)21/h4-6,11-12,16,18H,7H2,1-3H3,(H,15,19). The van der Waals surface area contributed by atoms with E-state index in [2.05, 4.69) is 10.6 Å². The summed E-state index contributed by atoms with van der Waals surface area (Å²) in [4.78, 5) is 22.2. The van der Waals surface area contributed by atoms with E-state index in [9.17, 15) is 20.0 Å². The molecule has 7 nitrogen and oxygen atoms in total.